The van der Waals surface area contributed by atoms with Gasteiger partial charge in [0, 0.05) is 19.1 Å². The Morgan fingerprint density at radius 1 is 1.43 bits per heavy atom. The molecular formula is C11H20N2S. The summed E-state index contributed by atoms with van der Waals surface area (Å²) >= 11 is 5.38. The van der Waals surface area contributed by atoms with E-state index in [0.717, 1.165) is 11.0 Å². The highest BCUT2D eigenvalue weighted by atomic mass is 32.1. The molecule has 1 aliphatic carbocycles. The lowest BCUT2D eigenvalue weighted by Crippen LogP contribution is -2.39. The molecular weight excluding hydrogens is 192 g/mol. The molecule has 0 aromatic carbocycles. The minimum absolute atomic E-state index is 0.702. The fraction of sp³-hybridized carbons (Fsp3) is 0.909. The third kappa shape index (κ3) is 2.59. The molecule has 1 N–H and O–H groups in total. The number of thiocarbonyl (C=S) groups is 1. The molecule has 1 heterocycles. The van der Waals surface area contributed by atoms with Crippen LogP contribution < -0.4 is 5.32 Å². The van der Waals surface area contributed by atoms with E-state index in [2.05, 4.69) is 17.1 Å². The number of likely N-dealkylation sites (tertiary alicyclic amines) is 1. The van der Waals surface area contributed by atoms with Crippen molar-refractivity contribution in [3.8, 4) is 0 Å². The molecule has 0 spiro atoms. The molecule has 14 heavy (non-hydrogen) atoms. The first-order chi connectivity index (χ1) is 6.79. The zero-order chi connectivity index (χ0) is 9.97. The van der Waals surface area contributed by atoms with E-state index in [1.165, 1.54) is 45.2 Å². The summed E-state index contributed by atoms with van der Waals surface area (Å²) in [5.41, 5.74) is 0. The van der Waals surface area contributed by atoms with E-state index in [4.69, 9.17) is 12.2 Å². The van der Waals surface area contributed by atoms with Crippen molar-refractivity contribution in [2.75, 3.05) is 13.1 Å². The van der Waals surface area contributed by atoms with E-state index in [0.29, 0.717) is 6.04 Å². The maximum Gasteiger partial charge on any atom is 0.169 e. The summed E-state index contributed by atoms with van der Waals surface area (Å²) in [5.74, 6) is 0.888. The van der Waals surface area contributed by atoms with E-state index in [9.17, 15) is 0 Å². The third-order valence-corrected chi connectivity index (χ3v) is 3.55. The quantitative estimate of drug-likeness (QED) is 0.722. The summed E-state index contributed by atoms with van der Waals surface area (Å²) in [5, 5.41) is 4.42. The van der Waals surface area contributed by atoms with Crippen LogP contribution in [0.3, 0.4) is 0 Å². The van der Waals surface area contributed by atoms with Crippen LogP contribution >= 0.6 is 12.2 Å². The maximum atomic E-state index is 5.38. The maximum absolute atomic E-state index is 5.38. The average Bonchev–Trinajstić information content (AvgIpc) is 2.83. The molecule has 1 atom stereocenters. The van der Waals surface area contributed by atoms with E-state index >= 15 is 0 Å². The van der Waals surface area contributed by atoms with Gasteiger partial charge in [0.1, 0.15) is 0 Å². The van der Waals surface area contributed by atoms with Gasteiger partial charge >= 0.3 is 0 Å². The van der Waals surface area contributed by atoms with Crippen molar-refractivity contribution >= 4 is 17.3 Å². The molecule has 3 heteroatoms. The van der Waals surface area contributed by atoms with Gasteiger partial charge in [0.05, 0.1) is 0 Å². The number of nitrogens with one attached hydrogen (secondary N) is 1. The van der Waals surface area contributed by atoms with E-state index in [1.807, 2.05) is 0 Å². The molecule has 0 radical (unpaired) electrons. The lowest BCUT2D eigenvalue weighted by atomic mass is 10.0. The monoisotopic (exact) mass is 212 g/mol. The minimum atomic E-state index is 0.702. The fourth-order valence-electron chi connectivity index (χ4n) is 2.15. The average molecular weight is 212 g/mol. The van der Waals surface area contributed by atoms with Gasteiger partial charge in [-0.2, -0.15) is 0 Å². The van der Waals surface area contributed by atoms with Crippen LogP contribution in [0.25, 0.3) is 0 Å². The molecule has 2 fully saturated rings. The Bertz CT molecular complexity index is 213. The van der Waals surface area contributed by atoms with Crippen LogP contribution in [0.15, 0.2) is 0 Å². The van der Waals surface area contributed by atoms with Crippen molar-refractivity contribution in [1.82, 2.24) is 10.2 Å². The molecule has 0 aromatic heterocycles. The van der Waals surface area contributed by atoms with Crippen LogP contribution in [0.5, 0.6) is 0 Å². The van der Waals surface area contributed by atoms with Crippen LogP contribution in [-0.4, -0.2) is 29.1 Å². The molecule has 2 aliphatic rings. The summed E-state index contributed by atoms with van der Waals surface area (Å²) < 4.78 is 0. The van der Waals surface area contributed by atoms with Gasteiger partial charge in [-0.3, -0.25) is 0 Å². The van der Waals surface area contributed by atoms with Crippen molar-refractivity contribution in [3.05, 3.63) is 0 Å². The number of rotatable bonds is 3. The summed E-state index contributed by atoms with van der Waals surface area (Å²) in [6.07, 6.45) is 6.63. The first-order valence-electron chi connectivity index (χ1n) is 5.85. The molecule has 2 nitrogen and oxygen atoms in total. The molecule has 0 bridgehead atoms. The van der Waals surface area contributed by atoms with Crippen LogP contribution in [-0.2, 0) is 0 Å². The lowest BCUT2D eigenvalue weighted by Gasteiger charge is -2.20. The van der Waals surface area contributed by atoms with Gasteiger partial charge in [-0.1, -0.05) is 13.3 Å². The second-order valence-electron chi connectivity index (χ2n) is 4.61. The Kier molecular flexibility index (Phi) is 3.26. The minimum Gasteiger partial charge on any atom is -0.360 e. The van der Waals surface area contributed by atoms with E-state index in [1.54, 1.807) is 0 Å². The van der Waals surface area contributed by atoms with Gasteiger partial charge in [-0.25, -0.2) is 0 Å². The second kappa shape index (κ2) is 4.47. The zero-order valence-corrected chi connectivity index (χ0v) is 9.78. The summed E-state index contributed by atoms with van der Waals surface area (Å²) in [4.78, 5) is 2.36. The Balaban J connectivity index is 1.73. The smallest absolute Gasteiger partial charge is 0.169 e. The predicted octanol–water partition coefficient (Wildman–Crippen LogP) is 2.15. The van der Waals surface area contributed by atoms with Crippen molar-refractivity contribution in [1.29, 1.82) is 0 Å². The predicted molar refractivity (Wildman–Crippen MR) is 63.3 cm³/mol. The van der Waals surface area contributed by atoms with Gasteiger partial charge in [0.15, 0.2) is 5.11 Å². The van der Waals surface area contributed by atoms with Crippen molar-refractivity contribution < 1.29 is 0 Å². The number of hydrogen-bond acceptors (Lipinski definition) is 1. The Hall–Kier alpha value is -0.310. The molecule has 1 saturated heterocycles. The van der Waals surface area contributed by atoms with Gasteiger partial charge in [0.2, 0.25) is 0 Å². The van der Waals surface area contributed by atoms with Gasteiger partial charge < -0.3 is 10.2 Å². The normalized spacial score (nSPS) is 26.6. The molecule has 80 valence electrons. The molecule has 2 rings (SSSR count). The molecule has 1 aliphatic heterocycles. The summed E-state index contributed by atoms with van der Waals surface area (Å²) in [6.45, 7) is 4.62. The summed E-state index contributed by atoms with van der Waals surface area (Å²) in [6, 6.07) is 0.702. The fourth-order valence-corrected chi connectivity index (χ4v) is 2.49. The zero-order valence-electron chi connectivity index (χ0n) is 8.96. The van der Waals surface area contributed by atoms with Crippen molar-refractivity contribution in [2.45, 2.75) is 45.1 Å². The Morgan fingerprint density at radius 2 is 2.21 bits per heavy atom. The van der Waals surface area contributed by atoms with Crippen LogP contribution in [0, 0.1) is 5.92 Å². The topological polar surface area (TPSA) is 15.3 Å². The number of hydrogen-bond donors (Lipinski definition) is 1. The van der Waals surface area contributed by atoms with Crippen LogP contribution in [0.2, 0.25) is 0 Å². The third-order valence-electron chi connectivity index (χ3n) is 3.17. The molecule has 0 aromatic rings. The second-order valence-corrected chi connectivity index (χ2v) is 5.00. The highest BCUT2D eigenvalue weighted by molar-refractivity contribution is 7.80. The van der Waals surface area contributed by atoms with Crippen LogP contribution in [0.1, 0.15) is 39.0 Å². The largest absolute Gasteiger partial charge is 0.360 e. The first kappa shape index (κ1) is 10.2. The molecule has 1 unspecified atom stereocenters. The number of nitrogens with zero attached hydrogens (tertiary/aromatic N) is 1. The van der Waals surface area contributed by atoms with Crippen molar-refractivity contribution in [3.63, 3.8) is 0 Å². The molecule has 1 saturated carbocycles. The SMILES string of the molecule is CCCC1CCN(C(=S)NC2CC2)C1. The first-order valence-corrected chi connectivity index (χ1v) is 6.26. The van der Waals surface area contributed by atoms with Gasteiger partial charge in [-0.15, -0.1) is 0 Å². The van der Waals surface area contributed by atoms with Gasteiger partial charge in [0.25, 0.3) is 0 Å². The molecule has 0 amide bonds. The van der Waals surface area contributed by atoms with E-state index < -0.39 is 0 Å². The Labute approximate surface area is 92.0 Å². The summed E-state index contributed by atoms with van der Waals surface area (Å²) in [7, 11) is 0. The highest BCUT2D eigenvalue weighted by Gasteiger charge is 2.27. The lowest BCUT2D eigenvalue weighted by molar-refractivity contribution is 0.452. The standard InChI is InChI=1S/C11H20N2S/c1-2-3-9-6-7-13(8-9)11(14)12-10-4-5-10/h9-10H,2-8H2,1H3,(H,12,14). The van der Waals surface area contributed by atoms with Gasteiger partial charge in [-0.05, 0) is 43.8 Å². The van der Waals surface area contributed by atoms with Crippen LogP contribution in [0.4, 0.5) is 0 Å². The Morgan fingerprint density at radius 3 is 2.86 bits per heavy atom. The van der Waals surface area contributed by atoms with E-state index in [-0.39, 0.29) is 0 Å². The highest BCUT2D eigenvalue weighted by Crippen LogP contribution is 2.23. The van der Waals surface area contributed by atoms with Crippen molar-refractivity contribution in [2.24, 2.45) is 5.92 Å².